The van der Waals surface area contributed by atoms with Crippen molar-refractivity contribution in [3.63, 3.8) is 0 Å². The van der Waals surface area contributed by atoms with Crippen LogP contribution in [0.3, 0.4) is 0 Å². The van der Waals surface area contributed by atoms with Crippen molar-refractivity contribution in [3.05, 3.63) is 26.7 Å². The summed E-state index contributed by atoms with van der Waals surface area (Å²) in [6.45, 7) is 2.17. The van der Waals surface area contributed by atoms with Crippen LogP contribution in [-0.2, 0) is 11.3 Å². The highest BCUT2D eigenvalue weighted by Crippen LogP contribution is 2.07. The predicted molar refractivity (Wildman–Crippen MR) is 60.9 cm³/mol. The van der Waals surface area contributed by atoms with Crippen LogP contribution in [0, 0.1) is 5.82 Å². The lowest BCUT2D eigenvalue weighted by Crippen LogP contribution is -2.33. The zero-order valence-corrected chi connectivity index (χ0v) is 9.83. The Morgan fingerprint density at radius 3 is 2.78 bits per heavy atom. The molecule has 1 rings (SSSR count). The maximum atomic E-state index is 13.0. The summed E-state index contributed by atoms with van der Waals surface area (Å²) in [6, 6.07) is 0. The first-order chi connectivity index (χ1) is 8.47. The Labute approximate surface area is 101 Å². The maximum Gasteiger partial charge on any atom is 0.331 e. The van der Waals surface area contributed by atoms with E-state index >= 15 is 0 Å². The molecular formula is C10H14FN3O4. The molecule has 0 aliphatic carbocycles. The first kappa shape index (κ1) is 13.9. The largest absolute Gasteiger partial charge is 0.492 e. The summed E-state index contributed by atoms with van der Waals surface area (Å²) >= 11 is 0. The summed E-state index contributed by atoms with van der Waals surface area (Å²) in [5.74, 6) is -2.83. The predicted octanol–water partition coefficient (Wildman–Crippen LogP) is -0.702. The molecule has 0 saturated heterocycles. The molecule has 1 aromatic heterocycles. The minimum atomic E-state index is -1.44. The van der Waals surface area contributed by atoms with Crippen LogP contribution in [0.15, 0.2) is 9.59 Å². The molecule has 1 heterocycles. The second-order valence-corrected chi connectivity index (χ2v) is 3.65. The highest BCUT2D eigenvalue weighted by atomic mass is 19.1. The van der Waals surface area contributed by atoms with Crippen LogP contribution < -0.4 is 16.6 Å². The van der Waals surface area contributed by atoms with E-state index in [-0.39, 0.29) is 18.9 Å². The first-order valence-electron chi connectivity index (χ1n) is 5.45. The Morgan fingerprint density at radius 1 is 1.50 bits per heavy atom. The number of hydrogen-bond acceptors (Lipinski definition) is 4. The van der Waals surface area contributed by atoms with Crippen LogP contribution in [0.4, 0.5) is 4.39 Å². The van der Waals surface area contributed by atoms with E-state index in [4.69, 9.17) is 0 Å². The van der Waals surface area contributed by atoms with Gasteiger partial charge >= 0.3 is 5.69 Å². The topological polar surface area (TPSA) is 104 Å². The molecule has 0 bridgehead atoms. The minimum Gasteiger partial charge on any atom is -0.492 e. The third-order valence-electron chi connectivity index (χ3n) is 2.25. The Kier molecular flexibility index (Phi) is 4.64. The highest BCUT2D eigenvalue weighted by Gasteiger charge is 2.14. The number of carbonyl (C=O) groups excluding carboxylic acids is 1. The number of aromatic amines is 1. The number of H-pyrrole nitrogens is 1. The lowest BCUT2D eigenvalue weighted by atomic mass is 10.3. The third kappa shape index (κ3) is 3.19. The standard InChI is InChI=1S/C10H14FN3O4/c1-2-4-12-6(15)3-5-14-9(17)7(11)8(16)13-10(14)18/h17H,2-5H2,1H3,(H,12,15)(H,13,16,18). The van der Waals surface area contributed by atoms with Gasteiger partial charge in [0.25, 0.3) is 5.56 Å². The van der Waals surface area contributed by atoms with Gasteiger partial charge in [-0.05, 0) is 6.42 Å². The Hall–Kier alpha value is -2.12. The van der Waals surface area contributed by atoms with Crippen LogP contribution in [0.25, 0.3) is 0 Å². The summed E-state index contributed by atoms with van der Waals surface area (Å²) in [7, 11) is 0. The molecule has 0 aliphatic rings. The molecule has 7 nitrogen and oxygen atoms in total. The SMILES string of the molecule is CCCNC(=O)CCn1c(O)c(F)c(=O)[nH]c1=O. The molecule has 1 amide bonds. The molecule has 0 fully saturated rings. The molecule has 100 valence electrons. The quantitative estimate of drug-likeness (QED) is 0.650. The fourth-order valence-corrected chi connectivity index (χ4v) is 1.31. The summed E-state index contributed by atoms with van der Waals surface area (Å²) in [4.78, 5) is 35.1. The van der Waals surface area contributed by atoms with Gasteiger partial charge in [0.05, 0.1) is 0 Å². The second kappa shape index (κ2) is 5.99. The smallest absolute Gasteiger partial charge is 0.331 e. The Balaban J connectivity index is 2.80. The molecule has 0 aliphatic heterocycles. The average Bonchev–Trinajstić information content (AvgIpc) is 2.33. The van der Waals surface area contributed by atoms with Crippen molar-refractivity contribution in [2.45, 2.75) is 26.3 Å². The van der Waals surface area contributed by atoms with Crippen molar-refractivity contribution in [2.75, 3.05) is 6.54 Å². The van der Waals surface area contributed by atoms with E-state index in [0.29, 0.717) is 11.1 Å². The minimum absolute atomic E-state index is 0.0983. The van der Waals surface area contributed by atoms with Gasteiger partial charge in [0, 0.05) is 19.5 Å². The first-order valence-corrected chi connectivity index (χ1v) is 5.45. The average molecular weight is 259 g/mol. The molecule has 18 heavy (non-hydrogen) atoms. The number of carbonyl (C=O) groups is 1. The van der Waals surface area contributed by atoms with Gasteiger partial charge in [0.2, 0.25) is 17.6 Å². The Morgan fingerprint density at radius 2 is 2.17 bits per heavy atom. The van der Waals surface area contributed by atoms with E-state index in [1.807, 2.05) is 6.92 Å². The van der Waals surface area contributed by atoms with Crippen molar-refractivity contribution in [3.8, 4) is 5.88 Å². The molecule has 0 aromatic carbocycles. The van der Waals surface area contributed by atoms with Crippen molar-refractivity contribution in [1.82, 2.24) is 14.9 Å². The van der Waals surface area contributed by atoms with E-state index in [2.05, 4.69) is 5.32 Å². The Bertz CT molecular complexity index is 549. The number of amides is 1. The van der Waals surface area contributed by atoms with Crippen LogP contribution in [0.1, 0.15) is 19.8 Å². The molecule has 0 unspecified atom stereocenters. The number of rotatable bonds is 5. The monoisotopic (exact) mass is 259 g/mol. The van der Waals surface area contributed by atoms with Crippen LogP contribution in [0.2, 0.25) is 0 Å². The van der Waals surface area contributed by atoms with E-state index < -0.39 is 22.9 Å². The van der Waals surface area contributed by atoms with E-state index in [0.717, 1.165) is 6.42 Å². The third-order valence-corrected chi connectivity index (χ3v) is 2.25. The van der Waals surface area contributed by atoms with Gasteiger partial charge in [-0.2, -0.15) is 4.39 Å². The van der Waals surface area contributed by atoms with Crippen LogP contribution in [-0.4, -0.2) is 27.1 Å². The molecule has 1 aromatic rings. The fourth-order valence-electron chi connectivity index (χ4n) is 1.31. The van der Waals surface area contributed by atoms with Gasteiger partial charge in [0.15, 0.2) is 0 Å². The number of aromatic nitrogens is 2. The van der Waals surface area contributed by atoms with E-state index in [9.17, 15) is 23.9 Å². The van der Waals surface area contributed by atoms with Crippen LogP contribution >= 0.6 is 0 Å². The normalized spacial score (nSPS) is 10.3. The molecule has 8 heteroatoms. The zero-order chi connectivity index (χ0) is 13.7. The molecule has 0 atom stereocenters. The molecule has 0 saturated carbocycles. The lowest BCUT2D eigenvalue weighted by Gasteiger charge is -2.08. The molecule has 0 spiro atoms. The summed E-state index contributed by atoms with van der Waals surface area (Å²) in [6.07, 6.45) is 0.670. The van der Waals surface area contributed by atoms with Crippen LogP contribution in [0.5, 0.6) is 5.88 Å². The van der Waals surface area contributed by atoms with Gasteiger partial charge in [-0.25, -0.2) is 4.79 Å². The van der Waals surface area contributed by atoms with Gasteiger partial charge in [0.1, 0.15) is 0 Å². The second-order valence-electron chi connectivity index (χ2n) is 3.65. The van der Waals surface area contributed by atoms with Crippen molar-refractivity contribution in [2.24, 2.45) is 0 Å². The zero-order valence-electron chi connectivity index (χ0n) is 9.83. The fraction of sp³-hybridized carbons (Fsp3) is 0.500. The number of hydrogen-bond donors (Lipinski definition) is 3. The van der Waals surface area contributed by atoms with Gasteiger partial charge < -0.3 is 10.4 Å². The highest BCUT2D eigenvalue weighted by molar-refractivity contribution is 5.75. The summed E-state index contributed by atoms with van der Waals surface area (Å²) < 4.78 is 13.6. The van der Waals surface area contributed by atoms with E-state index in [1.165, 1.54) is 0 Å². The number of nitrogens with zero attached hydrogens (tertiary/aromatic N) is 1. The molecule has 3 N–H and O–H groups in total. The number of halogens is 1. The molecule has 0 radical (unpaired) electrons. The maximum absolute atomic E-state index is 13.0. The van der Waals surface area contributed by atoms with Crippen molar-refractivity contribution >= 4 is 5.91 Å². The number of aromatic hydroxyl groups is 1. The lowest BCUT2D eigenvalue weighted by molar-refractivity contribution is -0.121. The van der Waals surface area contributed by atoms with Gasteiger partial charge in [-0.1, -0.05) is 6.92 Å². The van der Waals surface area contributed by atoms with Crippen molar-refractivity contribution in [1.29, 1.82) is 0 Å². The van der Waals surface area contributed by atoms with Gasteiger partial charge in [-0.3, -0.25) is 19.1 Å². The number of nitrogens with one attached hydrogen (secondary N) is 2. The van der Waals surface area contributed by atoms with Gasteiger partial charge in [-0.15, -0.1) is 0 Å². The molecular weight excluding hydrogens is 245 g/mol. The summed E-state index contributed by atoms with van der Waals surface area (Å²) in [5, 5.41) is 11.9. The summed E-state index contributed by atoms with van der Waals surface area (Å²) in [5.41, 5.74) is -2.24. The van der Waals surface area contributed by atoms with Crippen molar-refractivity contribution < 1.29 is 14.3 Å². The van der Waals surface area contributed by atoms with E-state index in [1.54, 1.807) is 4.98 Å².